The molecule has 3 rings (SSSR count). The molecular formula is C22H28ClN5O2. The van der Waals surface area contributed by atoms with Crippen LogP contribution < -0.4 is 11.1 Å². The molecule has 1 aromatic heterocycles. The molecule has 0 bridgehead atoms. The van der Waals surface area contributed by atoms with Crippen LogP contribution in [-0.4, -0.2) is 34.7 Å². The number of benzene rings is 2. The Morgan fingerprint density at radius 3 is 2.20 bits per heavy atom. The third-order valence-corrected chi connectivity index (χ3v) is 4.37. The first-order chi connectivity index (χ1) is 14.1. The van der Waals surface area contributed by atoms with Crippen molar-refractivity contribution in [2.24, 2.45) is 5.73 Å². The Hall–Kier alpha value is -3.19. The highest BCUT2D eigenvalue weighted by molar-refractivity contribution is 6.30. The van der Waals surface area contributed by atoms with Crippen molar-refractivity contribution in [1.29, 1.82) is 0 Å². The monoisotopic (exact) mass is 429 g/mol. The van der Waals surface area contributed by atoms with Gasteiger partial charge in [0.15, 0.2) is 5.69 Å². The van der Waals surface area contributed by atoms with Gasteiger partial charge in [0.1, 0.15) is 6.79 Å². The van der Waals surface area contributed by atoms with Crippen LogP contribution in [-0.2, 0) is 10.2 Å². The number of rotatable bonds is 3. The molecule has 0 radical (unpaired) electrons. The summed E-state index contributed by atoms with van der Waals surface area (Å²) in [4.78, 5) is 18.9. The van der Waals surface area contributed by atoms with Crippen molar-refractivity contribution in [3.8, 4) is 5.69 Å². The minimum Gasteiger partial charge on any atom is -0.386 e. The first-order valence-electron chi connectivity index (χ1n) is 9.17. The van der Waals surface area contributed by atoms with E-state index in [-0.39, 0.29) is 11.1 Å². The zero-order valence-corrected chi connectivity index (χ0v) is 18.7. The van der Waals surface area contributed by atoms with E-state index in [1.54, 1.807) is 19.2 Å². The van der Waals surface area contributed by atoms with Crippen LogP contribution >= 0.6 is 11.6 Å². The Labute approximate surface area is 182 Å². The quantitative estimate of drug-likeness (QED) is 0.650. The van der Waals surface area contributed by atoms with Crippen molar-refractivity contribution in [3.63, 3.8) is 0 Å². The lowest BCUT2D eigenvalue weighted by Crippen LogP contribution is -2.11. The molecule has 0 aliphatic carbocycles. The molecule has 1 amide bonds. The van der Waals surface area contributed by atoms with Gasteiger partial charge in [-0.1, -0.05) is 67.4 Å². The number of nitrogens with two attached hydrogens (primary N) is 1. The maximum atomic E-state index is 10.9. The number of aryl methyl sites for hydroxylation is 1. The van der Waals surface area contributed by atoms with Crippen molar-refractivity contribution in [2.45, 2.75) is 33.1 Å². The van der Waals surface area contributed by atoms with E-state index >= 15 is 0 Å². The summed E-state index contributed by atoms with van der Waals surface area (Å²) in [6, 6.07) is 14.0. The molecule has 0 spiro atoms. The zero-order chi connectivity index (χ0) is 22.9. The Bertz CT molecular complexity index is 962. The van der Waals surface area contributed by atoms with Gasteiger partial charge in [0, 0.05) is 12.1 Å². The second-order valence-corrected chi connectivity index (χ2v) is 7.88. The SMILES string of the molecule is C=O.CNc1ccc(Cl)cc1-n1cc(C(N)=O)nn1.Cc1ccc(C(C)(C)C)cc1. The van der Waals surface area contributed by atoms with Crippen LogP contribution in [0.5, 0.6) is 0 Å². The lowest BCUT2D eigenvalue weighted by molar-refractivity contribution is -0.0980. The van der Waals surface area contributed by atoms with Crippen molar-refractivity contribution >= 4 is 30.0 Å². The van der Waals surface area contributed by atoms with Gasteiger partial charge in [-0.2, -0.15) is 0 Å². The highest BCUT2D eigenvalue weighted by atomic mass is 35.5. The lowest BCUT2D eigenvalue weighted by atomic mass is 9.87. The number of primary amides is 1. The molecule has 30 heavy (non-hydrogen) atoms. The summed E-state index contributed by atoms with van der Waals surface area (Å²) < 4.78 is 1.44. The smallest absolute Gasteiger partial charge is 0.270 e. The third kappa shape index (κ3) is 7.00. The number of amides is 1. The summed E-state index contributed by atoms with van der Waals surface area (Å²) in [5.74, 6) is -0.621. The molecule has 2 aromatic carbocycles. The number of halogens is 1. The largest absolute Gasteiger partial charge is 0.386 e. The fraction of sp³-hybridized carbons (Fsp3) is 0.273. The minimum atomic E-state index is -0.621. The molecule has 0 fully saturated rings. The van der Waals surface area contributed by atoms with E-state index in [9.17, 15) is 4.79 Å². The van der Waals surface area contributed by atoms with Gasteiger partial charge in [-0.3, -0.25) is 4.79 Å². The van der Waals surface area contributed by atoms with E-state index in [2.05, 4.69) is 67.6 Å². The Morgan fingerprint density at radius 1 is 1.13 bits per heavy atom. The van der Waals surface area contributed by atoms with Crippen LogP contribution in [0.3, 0.4) is 0 Å². The molecule has 0 aliphatic heterocycles. The van der Waals surface area contributed by atoms with Crippen LogP contribution in [0.15, 0.2) is 48.7 Å². The first-order valence-corrected chi connectivity index (χ1v) is 9.55. The topological polar surface area (TPSA) is 103 Å². The predicted molar refractivity (Wildman–Crippen MR) is 121 cm³/mol. The molecule has 1 heterocycles. The predicted octanol–water partition coefficient (Wildman–Crippen LogP) is 4.17. The van der Waals surface area contributed by atoms with Gasteiger partial charge in [-0.05, 0) is 36.1 Å². The summed E-state index contributed by atoms with van der Waals surface area (Å²) in [7, 11) is 1.78. The lowest BCUT2D eigenvalue weighted by Gasteiger charge is -2.18. The summed E-state index contributed by atoms with van der Waals surface area (Å²) in [5, 5.41) is 11.1. The summed E-state index contributed by atoms with van der Waals surface area (Å²) >= 11 is 5.91. The fourth-order valence-electron chi connectivity index (χ4n) is 2.45. The number of hydrogen-bond donors (Lipinski definition) is 2. The minimum absolute atomic E-state index is 0.104. The maximum absolute atomic E-state index is 10.9. The van der Waals surface area contributed by atoms with Crippen molar-refractivity contribution in [3.05, 3.63) is 70.5 Å². The van der Waals surface area contributed by atoms with Gasteiger partial charge in [0.25, 0.3) is 5.91 Å². The second kappa shape index (κ2) is 11.1. The molecular weight excluding hydrogens is 402 g/mol. The maximum Gasteiger partial charge on any atom is 0.270 e. The molecule has 0 aliphatic rings. The molecule has 7 nitrogen and oxygen atoms in total. The number of anilines is 1. The van der Waals surface area contributed by atoms with E-state index in [0.717, 1.165) is 5.69 Å². The molecule has 0 saturated heterocycles. The van der Waals surface area contributed by atoms with Crippen LogP contribution in [0, 0.1) is 6.92 Å². The van der Waals surface area contributed by atoms with Gasteiger partial charge in [-0.15, -0.1) is 5.10 Å². The molecule has 3 aromatic rings. The Balaban J connectivity index is 0.000000300. The number of nitrogens with one attached hydrogen (secondary N) is 1. The molecule has 0 unspecified atom stereocenters. The van der Waals surface area contributed by atoms with Gasteiger partial charge in [0.2, 0.25) is 0 Å². The Morgan fingerprint density at radius 2 is 1.73 bits per heavy atom. The molecule has 3 N–H and O–H groups in total. The van der Waals surface area contributed by atoms with E-state index < -0.39 is 5.91 Å². The molecule has 0 atom stereocenters. The number of carbonyl (C=O) groups is 2. The Kier molecular flexibility index (Phi) is 9.20. The highest BCUT2D eigenvalue weighted by Crippen LogP contribution is 2.23. The van der Waals surface area contributed by atoms with E-state index in [0.29, 0.717) is 10.7 Å². The van der Waals surface area contributed by atoms with E-state index in [4.69, 9.17) is 22.1 Å². The van der Waals surface area contributed by atoms with Gasteiger partial charge in [-0.25, -0.2) is 4.68 Å². The summed E-state index contributed by atoms with van der Waals surface area (Å²) in [5.41, 5.74) is 9.74. The number of nitrogens with zero attached hydrogens (tertiary/aromatic N) is 3. The van der Waals surface area contributed by atoms with Crippen LogP contribution in [0.2, 0.25) is 5.02 Å². The van der Waals surface area contributed by atoms with Crippen molar-refractivity contribution in [2.75, 3.05) is 12.4 Å². The van der Waals surface area contributed by atoms with Gasteiger partial charge in [0.05, 0.1) is 17.6 Å². The van der Waals surface area contributed by atoms with Crippen molar-refractivity contribution < 1.29 is 9.59 Å². The summed E-state index contributed by atoms with van der Waals surface area (Å²) in [6.45, 7) is 10.8. The van der Waals surface area contributed by atoms with Crippen molar-refractivity contribution in [1.82, 2.24) is 15.0 Å². The molecule has 160 valence electrons. The zero-order valence-electron chi connectivity index (χ0n) is 17.9. The van der Waals surface area contributed by atoms with Gasteiger partial charge < -0.3 is 15.8 Å². The van der Waals surface area contributed by atoms with Crippen LogP contribution in [0.25, 0.3) is 5.69 Å². The molecule has 8 heteroatoms. The van der Waals surface area contributed by atoms with E-state index in [1.165, 1.54) is 22.0 Å². The molecule has 0 saturated carbocycles. The summed E-state index contributed by atoms with van der Waals surface area (Å²) in [6.07, 6.45) is 1.45. The second-order valence-electron chi connectivity index (χ2n) is 7.44. The van der Waals surface area contributed by atoms with Crippen LogP contribution in [0.1, 0.15) is 42.4 Å². The first kappa shape index (κ1) is 24.8. The standard InChI is InChI=1S/C11H16.C10H10ClN5O.CH2O/c1-9-5-7-10(8-6-9)11(2,3)4;1-13-7-3-2-6(11)4-9(7)16-5-8(10(12)17)14-15-16;1-2/h5-8H,1-4H3;2-5,13H,1H3,(H2,12,17);1H2. The average molecular weight is 430 g/mol. The van der Waals surface area contributed by atoms with Gasteiger partial charge >= 0.3 is 0 Å². The third-order valence-electron chi connectivity index (χ3n) is 4.14. The van der Waals surface area contributed by atoms with E-state index in [1.807, 2.05) is 12.9 Å². The fourth-order valence-corrected chi connectivity index (χ4v) is 2.62. The number of carbonyl (C=O) groups excluding carboxylic acids is 2. The highest BCUT2D eigenvalue weighted by Gasteiger charge is 2.12. The van der Waals surface area contributed by atoms with Crippen LogP contribution in [0.4, 0.5) is 5.69 Å². The number of hydrogen-bond acceptors (Lipinski definition) is 5. The number of aromatic nitrogens is 3. The normalized spacial score (nSPS) is 10.2. The average Bonchev–Trinajstić information content (AvgIpc) is 3.20.